The number of carbonyl (C=O) groups excluding carboxylic acids is 2. The molecule has 8 heteroatoms. The van der Waals surface area contributed by atoms with Crippen LogP contribution in [0.3, 0.4) is 0 Å². The maximum atomic E-state index is 13.8. The van der Waals surface area contributed by atoms with Crippen LogP contribution in [0.4, 0.5) is 4.79 Å². The van der Waals surface area contributed by atoms with Gasteiger partial charge in [-0.05, 0) is 39.2 Å². The van der Waals surface area contributed by atoms with Gasteiger partial charge in [-0.1, -0.05) is 113 Å². The Morgan fingerprint density at radius 2 is 1.39 bits per heavy atom. The highest BCUT2D eigenvalue weighted by Crippen LogP contribution is 2.45. The zero-order valence-electron chi connectivity index (χ0n) is 24.1. The molecule has 1 aliphatic carbocycles. The predicted octanol–water partition coefficient (Wildman–Crippen LogP) is 5.88. The van der Waals surface area contributed by atoms with Gasteiger partial charge in [0, 0.05) is 12.3 Å². The maximum Gasteiger partial charge on any atom is 0.407 e. The van der Waals surface area contributed by atoms with Crippen LogP contribution in [0.2, 0.25) is 0 Å². The van der Waals surface area contributed by atoms with Crippen LogP contribution in [0.25, 0.3) is 11.1 Å². The highest BCUT2D eigenvalue weighted by Gasteiger charge is 2.58. The van der Waals surface area contributed by atoms with E-state index in [1.807, 2.05) is 54.6 Å². The number of benzene rings is 3. The van der Waals surface area contributed by atoms with Gasteiger partial charge >= 0.3 is 12.1 Å². The molecule has 3 aromatic carbocycles. The Morgan fingerprint density at radius 1 is 0.878 bits per heavy atom. The van der Waals surface area contributed by atoms with Crippen molar-refractivity contribution in [3.8, 4) is 11.1 Å². The lowest BCUT2D eigenvalue weighted by molar-refractivity contribution is -0.233. The third kappa shape index (κ3) is 5.57. The van der Waals surface area contributed by atoms with E-state index in [4.69, 9.17) is 4.74 Å². The highest BCUT2D eigenvalue weighted by molar-refractivity contribution is 5.91. The highest BCUT2D eigenvalue weighted by atomic mass is 16.6. The molecule has 0 saturated carbocycles. The van der Waals surface area contributed by atoms with Gasteiger partial charge in [0.15, 0.2) is 5.54 Å². The second kappa shape index (κ2) is 11.7. The number of carbonyl (C=O) groups is 3. The maximum absolute atomic E-state index is 13.8. The summed E-state index contributed by atoms with van der Waals surface area (Å²) in [5.74, 6) is -3.10. The second-order valence-electron chi connectivity index (χ2n) is 11.8. The fourth-order valence-corrected chi connectivity index (χ4v) is 6.24. The first kappa shape index (κ1) is 29.8. The van der Waals surface area contributed by atoms with E-state index in [1.165, 1.54) is 0 Å². The molecule has 216 valence electrons. The Bertz CT molecular complexity index is 1370. The normalized spacial score (nSPS) is 14.9. The molecule has 41 heavy (non-hydrogen) atoms. The van der Waals surface area contributed by atoms with Gasteiger partial charge in [0.1, 0.15) is 12.6 Å². The largest absolute Gasteiger partial charge is 0.479 e. The minimum atomic E-state index is -1.96. The van der Waals surface area contributed by atoms with Gasteiger partial charge in [0.2, 0.25) is 0 Å². The summed E-state index contributed by atoms with van der Waals surface area (Å²) in [6.07, 6.45) is -0.811. The van der Waals surface area contributed by atoms with Crippen LogP contribution in [-0.4, -0.2) is 51.5 Å². The molecular weight excluding hydrogens is 520 g/mol. The first-order valence-electron chi connectivity index (χ1n) is 13.8. The Morgan fingerprint density at radius 3 is 1.88 bits per heavy atom. The van der Waals surface area contributed by atoms with Crippen LogP contribution >= 0.6 is 0 Å². The van der Waals surface area contributed by atoms with Crippen LogP contribution < -0.4 is 5.32 Å². The number of aliphatic carboxylic acids is 1. The topological polar surface area (TPSA) is 116 Å². The third-order valence-electron chi connectivity index (χ3n) is 8.06. The van der Waals surface area contributed by atoms with E-state index in [9.17, 15) is 24.7 Å². The Hall–Kier alpha value is -4.17. The number of nitrogens with one attached hydrogen (secondary N) is 1. The molecule has 0 aliphatic heterocycles. The fraction of sp³-hybridized carbons (Fsp3) is 0.364. The molecule has 8 nitrogen and oxygen atoms in total. The van der Waals surface area contributed by atoms with Crippen LogP contribution in [0.5, 0.6) is 0 Å². The lowest BCUT2D eigenvalue weighted by Crippen LogP contribution is -2.68. The molecule has 0 heterocycles. The molecule has 0 spiro atoms. The van der Waals surface area contributed by atoms with E-state index >= 15 is 0 Å². The molecule has 2 atom stereocenters. The van der Waals surface area contributed by atoms with E-state index in [1.54, 1.807) is 58.9 Å². The minimum Gasteiger partial charge on any atom is -0.479 e. The van der Waals surface area contributed by atoms with E-state index in [-0.39, 0.29) is 18.9 Å². The van der Waals surface area contributed by atoms with E-state index in [0.717, 1.165) is 27.8 Å². The number of rotatable bonds is 9. The molecule has 1 aliphatic rings. The van der Waals surface area contributed by atoms with Crippen LogP contribution in [0.1, 0.15) is 57.2 Å². The second-order valence-corrected chi connectivity index (χ2v) is 11.8. The molecule has 4 rings (SSSR count). The molecule has 0 unspecified atom stereocenters. The van der Waals surface area contributed by atoms with Crippen molar-refractivity contribution < 1.29 is 29.4 Å². The number of carboxylic acids is 1. The van der Waals surface area contributed by atoms with Gasteiger partial charge in [-0.25, -0.2) is 14.7 Å². The smallest absolute Gasteiger partial charge is 0.407 e. The van der Waals surface area contributed by atoms with Gasteiger partial charge in [-0.15, -0.1) is 0 Å². The Labute approximate surface area is 240 Å². The number of hydroxylamine groups is 2. The summed E-state index contributed by atoms with van der Waals surface area (Å²) >= 11 is 0. The van der Waals surface area contributed by atoms with E-state index < -0.39 is 40.9 Å². The van der Waals surface area contributed by atoms with Crippen molar-refractivity contribution in [2.24, 2.45) is 11.3 Å². The Balaban J connectivity index is 1.58. The number of amides is 2. The van der Waals surface area contributed by atoms with Gasteiger partial charge in [-0.2, -0.15) is 0 Å². The third-order valence-corrected chi connectivity index (χ3v) is 8.06. The van der Waals surface area contributed by atoms with Crippen LogP contribution in [-0.2, 0) is 20.7 Å². The summed E-state index contributed by atoms with van der Waals surface area (Å²) in [5.41, 5.74) is 2.00. The summed E-state index contributed by atoms with van der Waals surface area (Å²) in [6.45, 7) is 8.29. The summed E-state index contributed by atoms with van der Waals surface area (Å²) < 4.78 is 5.67. The number of hydrogen-bond donors (Lipinski definition) is 3. The first-order valence-corrected chi connectivity index (χ1v) is 13.8. The lowest BCUT2D eigenvalue weighted by atomic mass is 9.66. The average Bonchev–Trinajstić information content (AvgIpc) is 3.24. The predicted molar refractivity (Wildman–Crippen MR) is 155 cm³/mol. The number of alkyl carbamates (subject to hydrolysis) is 1. The van der Waals surface area contributed by atoms with Crippen molar-refractivity contribution >= 4 is 18.0 Å². The molecule has 0 fully saturated rings. The first-order chi connectivity index (χ1) is 19.4. The molecule has 3 aromatic rings. The molecule has 2 amide bonds. The summed E-state index contributed by atoms with van der Waals surface area (Å²) in [6, 6.07) is 23.6. The molecule has 3 N–H and O–H groups in total. The van der Waals surface area contributed by atoms with Crippen molar-refractivity contribution in [2.75, 3.05) is 6.61 Å². The van der Waals surface area contributed by atoms with Crippen LogP contribution in [0, 0.1) is 11.3 Å². The molecule has 0 radical (unpaired) electrons. The molecular formula is C33H38N2O6. The van der Waals surface area contributed by atoms with Gasteiger partial charge in [-0.3, -0.25) is 10.0 Å². The van der Waals surface area contributed by atoms with Gasteiger partial charge in [0.25, 0.3) is 5.91 Å². The molecule has 0 aromatic heterocycles. The zero-order valence-corrected chi connectivity index (χ0v) is 24.1. The number of carboxylic acid groups (broad SMARTS) is 1. The number of nitrogens with zero attached hydrogens (tertiary/aromatic N) is 1. The van der Waals surface area contributed by atoms with Gasteiger partial charge in [0.05, 0.1) is 0 Å². The van der Waals surface area contributed by atoms with Crippen molar-refractivity contribution in [1.29, 1.82) is 0 Å². The summed E-state index contributed by atoms with van der Waals surface area (Å²) in [7, 11) is 0. The summed E-state index contributed by atoms with van der Waals surface area (Å²) in [5, 5.41) is 24.5. The van der Waals surface area contributed by atoms with E-state index in [2.05, 4.69) is 5.32 Å². The average molecular weight is 559 g/mol. The monoisotopic (exact) mass is 558 g/mol. The van der Waals surface area contributed by atoms with Crippen molar-refractivity contribution in [3.05, 3.63) is 95.6 Å². The number of ether oxygens (including phenoxy) is 1. The van der Waals surface area contributed by atoms with E-state index in [0.29, 0.717) is 5.06 Å². The summed E-state index contributed by atoms with van der Waals surface area (Å²) in [4.78, 5) is 39.6. The van der Waals surface area contributed by atoms with Gasteiger partial charge < -0.3 is 15.2 Å². The standard InChI is InChI=1S/C33H38N2O6/c1-21(2)33(30(37)38,32(3,4)5)35(40)29(36)28(19-22-13-7-6-8-14-22)34-31(39)41-20-27-25-17-11-9-15-23(25)24-16-10-12-18-26(24)27/h6-18,21,27-28,40H,19-20H2,1-5H3,(H,34,39)(H,37,38)/t28-,33+/m0/s1. The lowest BCUT2D eigenvalue weighted by Gasteiger charge is -2.48. The molecule has 0 bridgehead atoms. The van der Waals surface area contributed by atoms with Crippen molar-refractivity contribution in [2.45, 2.75) is 58.5 Å². The Kier molecular flexibility index (Phi) is 8.54. The number of fused-ring (bicyclic) bond motifs is 3. The SMILES string of the molecule is CC(C)[C@](C(=O)O)(N(O)C(=O)[C@H](Cc1ccccc1)NC(=O)OCC1c2ccccc2-c2ccccc21)C(C)(C)C. The number of hydrogen-bond acceptors (Lipinski definition) is 5. The van der Waals surface area contributed by atoms with Crippen LogP contribution in [0.15, 0.2) is 78.9 Å². The fourth-order valence-electron chi connectivity index (χ4n) is 6.24. The minimum absolute atomic E-state index is 0.0267. The van der Waals surface area contributed by atoms with Crippen molar-refractivity contribution in [3.63, 3.8) is 0 Å². The molecule has 0 saturated heterocycles. The zero-order chi connectivity index (χ0) is 29.9. The van der Waals surface area contributed by atoms with Crippen molar-refractivity contribution in [1.82, 2.24) is 10.4 Å². The quantitative estimate of drug-likeness (QED) is 0.223.